The van der Waals surface area contributed by atoms with Crippen LogP contribution in [0.1, 0.15) is 70.8 Å². The van der Waals surface area contributed by atoms with Gasteiger partial charge in [-0.3, -0.25) is 14.9 Å². The lowest BCUT2D eigenvalue weighted by Crippen LogP contribution is -2.63. The van der Waals surface area contributed by atoms with Gasteiger partial charge in [0.2, 0.25) is 5.91 Å². The number of ether oxygens (including phenoxy) is 1. The Morgan fingerprint density at radius 2 is 2.00 bits per heavy atom. The number of hydrogen-bond acceptors (Lipinski definition) is 4. The molecular formula is C27H38N2O4. The number of fused-ring (bicyclic) bond motifs is 5. The van der Waals surface area contributed by atoms with Gasteiger partial charge in [-0.05, 0) is 78.6 Å². The van der Waals surface area contributed by atoms with E-state index < -0.39 is 0 Å². The van der Waals surface area contributed by atoms with Gasteiger partial charge in [0.15, 0.2) is 0 Å². The molecule has 4 aliphatic rings. The standard InChI is InChI=1S/C27H38N2O4/c1-26-11-5-8-21(26)25-19(17-33-16-18-6-4-7-20(14-18)29(31)32)15-23-27(2,22(25)9-12-26)13-10-24(30)28(23)3/h4,6-7,14,19,21-23,25H,5,8-13,15-17H2,1-3H3/t19?,21-,22+,23?,25-,26-,27+/m0/s1. The Labute approximate surface area is 197 Å². The first kappa shape index (κ1) is 22.8. The highest BCUT2D eigenvalue weighted by molar-refractivity contribution is 5.77. The lowest BCUT2D eigenvalue weighted by atomic mass is 9.45. The molecular weight excluding hydrogens is 416 g/mol. The third kappa shape index (κ3) is 3.78. The SMILES string of the molecule is CN1C(=O)CC[C@@]2(C)C1CC(COCc1cccc([N+](=O)[O-])c1)[C@@H]1[C@H]2CC[C@]2(C)CCC[C@@H]12. The van der Waals surface area contributed by atoms with Gasteiger partial charge in [0, 0.05) is 31.6 Å². The zero-order valence-corrected chi connectivity index (χ0v) is 20.3. The zero-order valence-electron chi connectivity index (χ0n) is 20.3. The number of nitro groups is 1. The van der Waals surface area contributed by atoms with E-state index in [4.69, 9.17) is 4.74 Å². The molecule has 3 aliphatic carbocycles. The van der Waals surface area contributed by atoms with Crippen molar-refractivity contribution < 1.29 is 14.5 Å². The van der Waals surface area contributed by atoms with Gasteiger partial charge in [0.05, 0.1) is 18.1 Å². The van der Waals surface area contributed by atoms with Crippen LogP contribution in [0.25, 0.3) is 0 Å². The van der Waals surface area contributed by atoms with Crippen molar-refractivity contribution in [2.24, 2.45) is 34.5 Å². The van der Waals surface area contributed by atoms with E-state index in [1.54, 1.807) is 12.1 Å². The predicted octanol–water partition coefficient (Wildman–Crippen LogP) is 5.59. The lowest BCUT2D eigenvalue weighted by molar-refractivity contribution is -0.385. The second-order valence-corrected chi connectivity index (χ2v) is 11.8. The Balaban J connectivity index is 1.38. The fraction of sp³-hybridized carbons (Fsp3) is 0.741. The van der Waals surface area contributed by atoms with Crippen LogP contribution < -0.4 is 0 Å². The molecule has 0 radical (unpaired) electrons. The largest absolute Gasteiger partial charge is 0.376 e. The van der Waals surface area contributed by atoms with Crippen molar-refractivity contribution in [3.63, 3.8) is 0 Å². The summed E-state index contributed by atoms with van der Waals surface area (Å²) in [5, 5.41) is 11.1. The number of carbonyl (C=O) groups excluding carboxylic acids is 1. The molecule has 1 saturated heterocycles. The number of rotatable bonds is 5. The van der Waals surface area contributed by atoms with E-state index in [-0.39, 0.29) is 28.0 Å². The van der Waals surface area contributed by atoms with Crippen LogP contribution in [0.5, 0.6) is 0 Å². The molecule has 3 saturated carbocycles. The van der Waals surface area contributed by atoms with Gasteiger partial charge in [-0.1, -0.05) is 32.4 Å². The summed E-state index contributed by atoms with van der Waals surface area (Å²) in [6.45, 7) is 6.06. The number of nitro benzene ring substituents is 1. The van der Waals surface area contributed by atoms with Gasteiger partial charge in [-0.25, -0.2) is 0 Å². The molecule has 0 aromatic heterocycles. The maximum Gasteiger partial charge on any atom is 0.269 e. The molecule has 1 amide bonds. The fourth-order valence-electron chi connectivity index (χ4n) is 8.52. The topological polar surface area (TPSA) is 72.7 Å². The number of amides is 1. The molecule has 6 heteroatoms. The van der Waals surface area contributed by atoms with Gasteiger partial charge >= 0.3 is 0 Å². The Morgan fingerprint density at radius 3 is 2.79 bits per heavy atom. The third-order valence-corrected chi connectivity index (χ3v) is 10.3. The fourth-order valence-corrected chi connectivity index (χ4v) is 8.52. The molecule has 2 unspecified atom stereocenters. The first-order valence-electron chi connectivity index (χ1n) is 12.8. The number of nitrogens with zero attached hydrogens (tertiary/aromatic N) is 2. The number of non-ortho nitro benzene ring substituents is 1. The van der Waals surface area contributed by atoms with E-state index in [0.717, 1.165) is 24.3 Å². The van der Waals surface area contributed by atoms with Crippen LogP contribution in [0, 0.1) is 44.6 Å². The number of benzene rings is 1. The molecule has 33 heavy (non-hydrogen) atoms. The molecule has 4 fully saturated rings. The first-order valence-corrected chi connectivity index (χ1v) is 12.8. The molecule has 6 nitrogen and oxygen atoms in total. The van der Waals surface area contributed by atoms with Gasteiger partial charge < -0.3 is 9.64 Å². The highest BCUT2D eigenvalue weighted by Gasteiger charge is 2.61. The average Bonchev–Trinajstić information content (AvgIpc) is 3.19. The summed E-state index contributed by atoms with van der Waals surface area (Å²) in [4.78, 5) is 25.4. The van der Waals surface area contributed by atoms with Crippen molar-refractivity contribution in [2.75, 3.05) is 13.7 Å². The van der Waals surface area contributed by atoms with Crippen LogP contribution in [0.2, 0.25) is 0 Å². The summed E-state index contributed by atoms with van der Waals surface area (Å²) in [7, 11) is 2.01. The molecule has 180 valence electrons. The van der Waals surface area contributed by atoms with Crippen molar-refractivity contribution in [3.8, 4) is 0 Å². The Hall–Kier alpha value is -1.95. The summed E-state index contributed by atoms with van der Waals surface area (Å²) >= 11 is 0. The lowest BCUT2D eigenvalue weighted by Gasteiger charge is -2.63. The molecule has 7 atom stereocenters. The predicted molar refractivity (Wildman–Crippen MR) is 126 cm³/mol. The monoisotopic (exact) mass is 454 g/mol. The number of hydrogen-bond donors (Lipinski definition) is 0. The third-order valence-electron chi connectivity index (χ3n) is 10.3. The highest BCUT2D eigenvalue weighted by Crippen LogP contribution is 2.66. The smallest absolute Gasteiger partial charge is 0.269 e. The second kappa shape index (κ2) is 8.37. The zero-order chi connectivity index (χ0) is 23.4. The van der Waals surface area contributed by atoms with Gasteiger partial charge in [-0.2, -0.15) is 0 Å². The van der Waals surface area contributed by atoms with E-state index >= 15 is 0 Å². The molecule has 0 spiro atoms. The summed E-state index contributed by atoms with van der Waals surface area (Å²) in [5.74, 6) is 2.77. The van der Waals surface area contributed by atoms with Crippen LogP contribution in [-0.4, -0.2) is 35.4 Å². The van der Waals surface area contributed by atoms with Crippen molar-refractivity contribution in [2.45, 2.75) is 77.9 Å². The minimum atomic E-state index is -0.352. The summed E-state index contributed by atoms with van der Waals surface area (Å²) < 4.78 is 6.27. The van der Waals surface area contributed by atoms with Crippen molar-refractivity contribution >= 4 is 11.6 Å². The summed E-state index contributed by atoms with van der Waals surface area (Å²) in [5.41, 5.74) is 1.62. The molecule has 0 N–H and O–H groups in total. The van der Waals surface area contributed by atoms with Crippen LogP contribution in [-0.2, 0) is 16.1 Å². The number of carbonyl (C=O) groups is 1. The Bertz CT molecular complexity index is 934. The maximum absolute atomic E-state index is 12.6. The van der Waals surface area contributed by atoms with E-state index in [1.807, 2.05) is 13.1 Å². The Morgan fingerprint density at radius 1 is 1.18 bits per heavy atom. The summed E-state index contributed by atoms with van der Waals surface area (Å²) in [6.07, 6.45) is 9.32. The minimum Gasteiger partial charge on any atom is -0.376 e. The normalized spacial score (nSPS) is 40.2. The maximum atomic E-state index is 12.6. The first-order chi connectivity index (χ1) is 15.7. The molecule has 1 aromatic carbocycles. The van der Waals surface area contributed by atoms with Crippen molar-refractivity contribution in [3.05, 3.63) is 39.9 Å². The van der Waals surface area contributed by atoms with Crippen LogP contribution >= 0.6 is 0 Å². The molecule has 1 aliphatic heterocycles. The quantitative estimate of drug-likeness (QED) is 0.429. The van der Waals surface area contributed by atoms with E-state index in [0.29, 0.717) is 42.8 Å². The minimum absolute atomic E-state index is 0.112. The van der Waals surface area contributed by atoms with Crippen LogP contribution in [0.4, 0.5) is 5.69 Å². The second-order valence-electron chi connectivity index (χ2n) is 11.8. The van der Waals surface area contributed by atoms with Gasteiger partial charge in [0.1, 0.15) is 0 Å². The molecule has 1 heterocycles. The van der Waals surface area contributed by atoms with Crippen LogP contribution in [0.15, 0.2) is 24.3 Å². The van der Waals surface area contributed by atoms with E-state index in [1.165, 1.54) is 38.2 Å². The van der Waals surface area contributed by atoms with Gasteiger partial charge in [0.25, 0.3) is 5.69 Å². The number of likely N-dealkylation sites (tertiary alicyclic amines) is 1. The summed E-state index contributed by atoms with van der Waals surface area (Å²) in [6, 6.07) is 7.05. The van der Waals surface area contributed by atoms with E-state index in [9.17, 15) is 14.9 Å². The molecule has 1 aromatic rings. The molecule has 0 bridgehead atoms. The Kier molecular flexibility index (Phi) is 5.79. The van der Waals surface area contributed by atoms with Crippen molar-refractivity contribution in [1.29, 1.82) is 0 Å². The average molecular weight is 455 g/mol. The van der Waals surface area contributed by atoms with E-state index in [2.05, 4.69) is 18.7 Å². The van der Waals surface area contributed by atoms with Gasteiger partial charge in [-0.15, -0.1) is 0 Å². The van der Waals surface area contributed by atoms with Crippen LogP contribution in [0.3, 0.4) is 0 Å². The number of piperidine rings is 1. The molecule has 5 rings (SSSR count). The van der Waals surface area contributed by atoms with Crippen molar-refractivity contribution in [1.82, 2.24) is 4.90 Å². The highest BCUT2D eigenvalue weighted by atomic mass is 16.6.